The topological polar surface area (TPSA) is 38.8 Å². The standard InChI is InChI=1S/C27H25NO3/c1-26(2)22-16-20(25(29)19-8-6-5-7-9-19)11-13-23(22)28(3)27(26)15-14-18-10-12-21(30-4)17-24(18)31-27/h5-17H,1-4H3. The Balaban J connectivity index is 1.58. The minimum atomic E-state index is -0.705. The van der Waals surface area contributed by atoms with Crippen molar-refractivity contribution in [3.63, 3.8) is 0 Å². The second kappa shape index (κ2) is 6.74. The molecule has 0 radical (unpaired) electrons. The third-order valence-electron chi connectivity index (χ3n) is 6.70. The third-order valence-corrected chi connectivity index (χ3v) is 6.70. The van der Waals surface area contributed by atoms with Gasteiger partial charge in [0, 0.05) is 35.5 Å². The van der Waals surface area contributed by atoms with E-state index in [9.17, 15) is 4.79 Å². The lowest BCUT2D eigenvalue weighted by atomic mass is 9.76. The molecule has 0 saturated carbocycles. The van der Waals surface area contributed by atoms with Crippen molar-refractivity contribution in [2.45, 2.75) is 25.0 Å². The summed E-state index contributed by atoms with van der Waals surface area (Å²) < 4.78 is 12.1. The van der Waals surface area contributed by atoms with Crippen LogP contribution in [0.1, 0.15) is 40.9 Å². The first-order valence-electron chi connectivity index (χ1n) is 10.4. The lowest BCUT2D eigenvalue weighted by Crippen LogP contribution is -2.58. The highest BCUT2D eigenvalue weighted by Gasteiger charge is 2.57. The second-order valence-electron chi connectivity index (χ2n) is 8.65. The molecule has 3 aromatic carbocycles. The van der Waals surface area contributed by atoms with Crippen LogP contribution in [0.4, 0.5) is 5.69 Å². The summed E-state index contributed by atoms with van der Waals surface area (Å²) in [6, 6.07) is 21.2. The van der Waals surface area contributed by atoms with Crippen molar-refractivity contribution in [3.8, 4) is 11.5 Å². The summed E-state index contributed by atoms with van der Waals surface area (Å²) in [7, 11) is 3.70. The van der Waals surface area contributed by atoms with Gasteiger partial charge in [0.1, 0.15) is 11.5 Å². The quantitative estimate of drug-likeness (QED) is 0.537. The van der Waals surface area contributed by atoms with E-state index in [2.05, 4.69) is 30.9 Å². The predicted molar refractivity (Wildman–Crippen MR) is 123 cm³/mol. The van der Waals surface area contributed by atoms with E-state index in [1.807, 2.05) is 73.8 Å². The molecule has 0 bridgehead atoms. The summed E-state index contributed by atoms with van der Waals surface area (Å²) in [4.78, 5) is 15.2. The summed E-state index contributed by atoms with van der Waals surface area (Å²) in [5.41, 5.74) is 3.44. The number of likely N-dealkylation sites (N-methyl/N-ethyl adjacent to an activating group) is 1. The SMILES string of the molecule is COc1ccc2c(c1)OC1(C=C2)N(C)c2ccc(C(=O)c3ccccc3)cc2C1(C)C. The first-order valence-corrected chi connectivity index (χ1v) is 10.4. The molecule has 4 heteroatoms. The van der Waals surface area contributed by atoms with Crippen molar-refractivity contribution >= 4 is 17.5 Å². The van der Waals surface area contributed by atoms with Gasteiger partial charge in [-0.2, -0.15) is 0 Å². The zero-order valence-corrected chi connectivity index (χ0v) is 18.2. The number of methoxy groups -OCH3 is 1. The molecule has 1 spiro atoms. The highest BCUT2D eigenvalue weighted by molar-refractivity contribution is 6.09. The molecular weight excluding hydrogens is 386 g/mol. The normalized spacial score (nSPS) is 20.2. The van der Waals surface area contributed by atoms with Crippen LogP contribution in [0.2, 0.25) is 0 Å². The number of hydrogen-bond acceptors (Lipinski definition) is 4. The van der Waals surface area contributed by atoms with Crippen LogP contribution in [0.5, 0.6) is 11.5 Å². The van der Waals surface area contributed by atoms with E-state index in [4.69, 9.17) is 9.47 Å². The Labute approximate surface area is 182 Å². The van der Waals surface area contributed by atoms with Gasteiger partial charge in [0.25, 0.3) is 0 Å². The van der Waals surface area contributed by atoms with E-state index in [1.165, 1.54) is 0 Å². The lowest BCUT2D eigenvalue weighted by Gasteiger charge is -2.45. The van der Waals surface area contributed by atoms with Gasteiger partial charge < -0.3 is 14.4 Å². The van der Waals surface area contributed by atoms with Crippen LogP contribution in [0.15, 0.2) is 72.8 Å². The van der Waals surface area contributed by atoms with Gasteiger partial charge in [-0.1, -0.05) is 30.3 Å². The van der Waals surface area contributed by atoms with Crippen LogP contribution in [0.25, 0.3) is 6.08 Å². The fourth-order valence-corrected chi connectivity index (χ4v) is 4.81. The fraction of sp³-hybridized carbons (Fsp3) is 0.222. The molecule has 156 valence electrons. The molecule has 5 rings (SSSR count). The van der Waals surface area contributed by atoms with Crippen LogP contribution >= 0.6 is 0 Å². The zero-order chi connectivity index (χ0) is 21.8. The first-order chi connectivity index (χ1) is 14.9. The molecule has 1 atom stereocenters. The Morgan fingerprint density at radius 3 is 2.48 bits per heavy atom. The van der Waals surface area contributed by atoms with Crippen LogP contribution in [-0.4, -0.2) is 25.7 Å². The van der Waals surface area contributed by atoms with Crippen LogP contribution in [-0.2, 0) is 5.41 Å². The van der Waals surface area contributed by atoms with Crippen molar-refractivity contribution < 1.29 is 14.3 Å². The average Bonchev–Trinajstić information content (AvgIpc) is 2.96. The number of rotatable bonds is 3. The molecule has 0 amide bonds. The number of carbonyl (C=O) groups excluding carboxylic acids is 1. The number of carbonyl (C=O) groups is 1. The van der Waals surface area contributed by atoms with Gasteiger partial charge in [-0.05, 0) is 61.9 Å². The molecule has 0 fully saturated rings. The Hall–Kier alpha value is -3.53. The Kier molecular flexibility index (Phi) is 4.23. The number of hydrogen-bond donors (Lipinski definition) is 0. The third kappa shape index (κ3) is 2.71. The van der Waals surface area contributed by atoms with E-state index in [1.54, 1.807) is 7.11 Å². The van der Waals surface area contributed by atoms with Gasteiger partial charge in [0.15, 0.2) is 5.78 Å². The fourth-order valence-electron chi connectivity index (χ4n) is 4.81. The largest absolute Gasteiger partial charge is 0.497 e. The molecule has 2 aliphatic rings. The maximum absolute atomic E-state index is 13.1. The van der Waals surface area contributed by atoms with Crippen LogP contribution < -0.4 is 14.4 Å². The van der Waals surface area contributed by atoms with E-state index in [0.29, 0.717) is 11.1 Å². The molecule has 0 aromatic heterocycles. The minimum absolute atomic E-state index is 0.0259. The Morgan fingerprint density at radius 2 is 1.74 bits per heavy atom. The highest BCUT2D eigenvalue weighted by Crippen LogP contribution is 2.54. The summed E-state index contributed by atoms with van der Waals surface area (Å²) in [6.45, 7) is 4.34. The van der Waals surface area contributed by atoms with Crippen molar-refractivity contribution in [3.05, 3.63) is 95.1 Å². The van der Waals surface area contributed by atoms with Crippen molar-refractivity contribution in [1.29, 1.82) is 0 Å². The smallest absolute Gasteiger partial charge is 0.211 e. The number of ketones is 1. The maximum atomic E-state index is 13.1. The van der Waals surface area contributed by atoms with Crippen molar-refractivity contribution in [2.75, 3.05) is 19.1 Å². The number of anilines is 1. The molecule has 31 heavy (non-hydrogen) atoms. The monoisotopic (exact) mass is 411 g/mol. The molecule has 3 aromatic rings. The van der Waals surface area contributed by atoms with Crippen LogP contribution in [0, 0.1) is 0 Å². The molecule has 2 heterocycles. The number of benzene rings is 3. The summed E-state index contributed by atoms with van der Waals surface area (Å²) >= 11 is 0. The van der Waals surface area contributed by atoms with E-state index >= 15 is 0 Å². The molecular formula is C27H25NO3. The number of fused-ring (bicyclic) bond motifs is 2. The molecule has 4 nitrogen and oxygen atoms in total. The minimum Gasteiger partial charge on any atom is -0.497 e. The Morgan fingerprint density at radius 1 is 0.968 bits per heavy atom. The molecule has 2 aliphatic heterocycles. The Bertz CT molecular complexity index is 1210. The van der Waals surface area contributed by atoms with E-state index in [0.717, 1.165) is 28.3 Å². The summed E-state index contributed by atoms with van der Waals surface area (Å²) in [5.74, 6) is 1.57. The van der Waals surface area contributed by atoms with E-state index in [-0.39, 0.29) is 5.78 Å². The average molecular weight is 412 g/mol. The van der Waals surface area contributed by atoms with Crippen molar-refractivity contribution in [2.24, 2.45) is 0 Å². The molecule has 1 unspecified atom stereocenters. The predicted octanol–water partition coefficient (Wildman–Crippen LogP) is 5.46. The van der Waals surface area contributed by atoms with Gasteiger partial charge in [-0.25, -0.2) is 0 Å². The highest BCUT2D eigenvalue weighted by atomic mass is 16.5. The first kappa shape index (κ1) is 19.4. The maximum Gasteiger partial charge on any atom is 0.211 e. The second-order valence-corrected chi connectivity index (χ2v) is 8.65. The van der Waals surface area contributed by atoms with Gasteiger partial charge in [0.2, 0.25) is 5.72 Å². The number of nitrogens with zero attached hydrogens (tertiary/aromatic N) is 1. The van der Waals surface area contributed by atoms with Gasteiger partial charge in [-0.3, -0.25) is 4.79 Å². The van der Waals surface area contributed by atoms with E-state index < -0.39 is 11.1 Å². The van der Waals surface area contributed by atoms with Crippen LogP contribution in [0.3, 0.4) is 0 Å². The summed E-state index contributed by atoms with van der Waals surface area (Å²) in [6.07, 6.45) is 4.24. The lowest BCUT2D eigenvalue weighted by molar-refractivity contribution is 0.0579. The van der Waals surface area contributed by atoms with Gasteiger partial charge in [-0.15, -0.1) is 0 Å². The summed E-state index contributed by atoms with van der Waals surface area (Å²) in [5, 5.41) is 0. The molecule has 0 saturated heterocycles. The molecule has 0 N–H and O–H groups in total. The van der Waals surface area contributed by atoms with Gasteiger partial charge >= 0.3 is 0 Å². The zero-order valence-electron chi connectivity index (χ0n) is 18.2. The van der Waals surface area contributed by atoms with Gasteiger partial charge in [0.05, 0.1) is 12.5 Å². The number of ether oxygens (including phenoxy) is 2. The van der Waals surface area contributed by atoms with Crippen molar-refractivity contribution in [1.82, 2.24) is 0 Å². The molecule has 0 aliphatic carbocycles.